The maximum atomic E-state index is 6.30. The first-order valence-corrected chi connectivity index (χ1v) is 11.5. The minimum Gasteiger partial charge on any atom is -0.488 e. The van der Waals surface area contributed by atoms with Crippen molar-refractivity contribution in [2.24, 2.45) is 0 Å². The molecule has 2 aromatic rings. The van der Waals surface area contributed by atoms with E-state index in [1.165, 1.54) is 24.8 Å². The molecule has 1 aromatic heterocycles. The van der Waals surface area contributed by atoms with Gasteiger partial charge in [0.25, 0.3) is 0 Å². The van der Waals surface area contributed by atoms with Crippen LogP contribution in [0.2, 0.25) is 0 Å². The average Bonchev–Trinajstić information content (AvgIpc) is 3.54. The fraction of sp³-hybridized carbons (Fsp3) is 0.652. The molecule has 4 fully saturated rings. The molecule has 0 radical (unpaired) electrons. The molecule has 0 amide bonds. The highest BCUT2D eigenvalue weighted by Crippen LogP contribution is 2.41. The molecule has 8 nitrogen and oxygen atoms in total. The molecule has 0 N–H and O–H groups in total. The Bertz CT molecular complexity index is 871. The summed E-state index contributed by atoms with van der Waals surface area (Å²) in [6.45, 7) is 6.26. The lowest BCUT2D eigenvalue weighted by molar-refractivity contribution is -0.0216. The average molecular weight is 427 g/mol. The molecule has 166 valence electrons. The van der Waals surface area contributed by atoms with E-state index in [0.29, 0.717) is 24.6 Å². The molecular formula is C23H30N4O4. The van der Waals surface area contributed by atoms with E-state index in [4.69, 9.17) is 18.6 Å². The number of hydrogen-bond acceptors (Lipinski definition) is 8. The zero-order valence-corrected chi connectivity index (χ0v) is 17.8. The summed E-state index contributed by atoms with van der Waals surface area (Å²) in [5.74, 6) is 1.61. The summed E-state index contributed by atoms with van der Waals surface area (Å²) in [5, 5.41) is 7.78. The molecule has 0 aliphatic carbocycles. The third-order valence-electron chi connectivity index (χ3n) is 7.35. The lowest BCUT2D eigenvalue weighted by Crippen LogP contribution is -2.62. The van der Waals surface area contributed by atoms with Crippen LogP contribution < -0.4 is 9.64 Å². The van der Waals surface area contributed by atoms with Gasteiger partial charge in [-0.05, 0) is 49.9 Å². The van der Waals surface area contributed by atoms with E-state index >= 15 is 0 Å². The highest BCUT2D eigenvalue weighted by Gasteiger charge is 2.52. The summed E-state index contributed by atoms with van der Waals surface area (Å²) in [6.07, 6.45) is 5.98. The molecule has 8 heteroatoms. The molecule has 5 heterocycles. The topological polar surface area (TPSA) is 73.1 Å². The quantitative estimate of drug-likeness (QED) is 0.722. The molecule has 31 heavy (non-hydrogen) atoms. The zero-order valence-electron chi connectivity index (χ0n) is 17.8. The molecule has 4 saturated heterocycles. The number of hydrogen-bond donors (Lipinski definition) is 0. The molecule has 4 aliphatic rings. The van der Waals surface area contributed by atoms with E-state index in [-0.39, 0.29) is 11.7 Å². The van der Waals surface area contributed by atoms with E-state index in [1.54, 1.807) is 0 Å². The number of para-hydroxylation sites is 1. The molecule has 4 aliphatic heterocycles. The number of ether oxygens (including phenoxy) is 3. The van der Waals surface area contributed by atoms with Gasteiger partial charge in [-0.3, -0.25) is 4.90 Å². The van der Waals surface area contributed by atoms with Gasteiger partial charge in [0.15, 0.2) is 0 Å². The van der Waals surface area contributed by atoms with E-state index in [0.717, 1.165) is 58.0 Å². The number of piperidine rings is 1. The van der Waals surface area contributed by atoms with E-state index in [2.05, 4.69) is 44.3 Å². The van der Waals surface area contributed by atoms with Crippen molar-refractivity contribution in [3.05, 3.63) is 36.2 Å². The Hall–Kier alpha value is -2.16. The fourth-order valence-electron chi connectivity index (χ4n) is 5.65. The van der Waals surface area contributed by atoms with Crippen LogP contribution in [-0.2, 0) is 9.47 Å². The Morgan fingerprint density at radius 2 is 1.94 bits per heavy atom. The molecule has 2 atom stereocenters. The minimum atomic E-state index is -0.0419. The summed E-state index contributed by atoms with van der Waals surface area (Å²) in [7, 11) is 0. The third kappa shape index (κ3) is 3.81. The lowest BCUT2D eigenvalue weighted by Gasteiger charge is -2.46. The maximum Gasteiger partial charge on any atom is 0.318 e. The summed E-state index contributed by atoms with van der Waals surface area (Å²) in [4.78, 5) is 4.74. The van der Waals surface area contributed by atoms with E-state index < -0.39 is 0 Å². The van der Waals surface area contributed by atoms with Crippen LogP contribution in [0.4, 0.5) is 6.01 Å². The predicted molar refractivity (Wildman–Crippen MR) is 113 cm³/mol. The van der Waals surface area contributed by atoms with E-state index in [9.17, 15) is 0 Å². The number of benzene rings is 1. The third-order valence-corrected chi connectivity index (χ3v) is 7.35. The first-order chi connectivity index (χ1) is 15.3. The van der Waals surface area contributed by atoms with Crippen LogP contribution in [-0.4, -0.2) is 78.8 Å². The molecule has 6 rings (SSSR count). The number of nitrogens with zero attached hydrogens (tertiary/aromatic N) is 4. The largest absolute Gasteiger partial charge is 0.488 e. The summed E-state index contributed by atoms with van der Waals surface area (Å²) in [6, 6.07) is 9.70. The lowest BCUT2D eigenvalue weighted by atomic mass is 9.86. The smallest absolute Gasteiger partial charge is 0.318 e. The Kier molecular flexibility index (Phi) is 5.08. The van der Waals surface area contributed by atoms with Gasteiger partial charge in [-0.2, -0.15) is 0 Å². The maximum absolute atomic E-state index is 6.30. The van der Waals surface area contributed by atoms with Crippen LogP contribution in [0.1, 0.15) is 37.2 Å². The van der Waals surface area contributed by atoms with Gasteiger partial charge >= 0.3 is 6.01 Å². The van der Waals surface area contributed by atoms with Crippen LogP contribution in [0, 0.1) is 0 Å². The second-order valence-corrected chi connectivity index (χ2v) is 9.38. The highest BCUT2D eigenvalue weighted by molar-refractivity contribution is 5.37. The molecule has 0 unspecified atom stereocenters. The second kappa shape index (κ2) is 8.07. The molecule has 0 saturated carbocycles. The zero-order chi connectivity index (χ0) is 20.7. The Morgan fingerprint density at radius 3 is 2.71 bits per heavy atom. The van der Waals surface area contributed by atoms with Crippen molar-refractivity contribution in [2.75, 3.05) is 50.9 Å². The van der Waals surface area contributed by atoms with Crippen LogP contribution >= 0.6 is 0 Å². The van der Waals surface area contributed by atoms with Gasteiger partial charge < -0.3 is 23.5 Å². The summed E-state index contributed by atoms with van der Waals surface area (Å²) < 4.78 is 23.4. The van der Waals surface area contributed by atoms with Crippen molar-refractivity contribution >= 4 is 6.01 Å². The van der Waals surface area contributed by atoms with E-state index in [1.807, 2.05) is 0 Å². The van der Waals surface area contributed by atoms with Gasteiger partial charge in [0.05, 0.1) is 32.9 Å². The van der Waals surface area contributed by atoms with Gasteiger partial charge in [-0.15, -0.1) is 5.10 Å². The predicted octanol–water partition coefficient (Wildman–Crippen LogP) is 2.46. The number of aromatic nitrogens is 2. The first kappa shape index (κ1) is 19.5. The molecule has 1 aromatic carbocycles. The van der Waals surface area contributed by atoms with Crippen LogP contribution in [0.25, 0.3) is 0 Å². The van der Waals surface area contributed by atoms with Crippen LogP contribution in [0.3, 0.4) is 0 Å². The second-order valence-electron chi connectivity index (χ2n) is 9.38. The monoisotopic (exact) mass is 426 g/mol. The summed E-state index contributed by atoms with van der Waals surface area (Å²) in [5.41, 5.74) is 1.32. The van der Waals surface area contributed by atoms with Crippen molar-refractivity contribution in [2.45, 2.75) is 49.3 Å². The first-order valence-electron chi connectivity index (χ1n) is 11.5. The van der Waals surface area contributed by atoms with Crippen molar-refractivity contribution in [1.29, 1.82) is 0 Å². The Labute approximate surface area is 182 Å². The van der Waals surface area contributed by atoms with Crippen molar-refractivity contribution in [3.8, 4) is 5.75 Å². The highest BCUT2D eigenvalue weighted by atomic mass is 16.5. The standard InChI is InChI=1S/C23H30N4O4/c1-2-4-21(31-19-7-10-28-13-19)20(3-1)17-5-8-26(9-6-17)18-11-23(30-12-18)14-27(15-23)22-25-24-16-29-22/h1-4,16-19H,5-15H2/t18-,19+/m0/s1. The Morgan fingerprint density at radius 1 is 1.06 bits per heavy atom. The normalized spacial score (nSPS) is 28.8. The van der Waals surface area contributed by atoms with Crippen molar-refractivity contribution in [3.63, 3.8) is 0 Å². The van der Waals surface area contributed by atoms with Gasteiger partial charge in [-0.25, -0.2) is 0 Å². The minimum absolute atomic E-state index is 0.0419. The van der Waals surface area contributed by atoms with Crippen molar-refractivity contribution in [1.82, 2.24) is 15.1 Å². The molecule has 0 bridgehead atoms. The molecule has 1 spiro atoms. The van der Waals surface area contributed by atoms with Crippen LogP contribution in [0.5, 0.6) is 5.75 Å². The Balaban J connectivity index is 1.04. The van der Waals surface area contributed by atoms with Gasteiger partial charge in [0.1, 0.15) is 17.5 Å². The van der Waals surface area contributed by atoms with Crippen molar-refractivity contribution < 1.29 is 18.6 Å². The number of anilines is 1. The molecular weight excluding hydrogens is 396 g/mol. The SMILES string of the molecule is c1ccc(C2CCN([C@@H]3COC4(C3)CN(c3nnco3)C4)CC2)c(O[C@@H]2CCOC2)c1. The fourth-order valence-corrected chi connectivity index (χ4v) is 5.65. The van der Waals surface area contributed by atoms with Crippen LogP contribution in [0.15, 0.2) is 35.1 Å². The van der Waals surface area contributed by atoms with Gasteiger partial charge in [0, 0.05) is 12.5 Å². The summed E-state index contributed by atoms with van der Waals surface area (Å²) >= 11 is 0. The number of rotatable bonds is 5. The van der Waals surface area contributed by atoms with Gasteiger partial charge in [-0.1, -0.05) is 23.3 Å². The number of likely N-dealkylation sites (tertiary alicyclic amines) is 1. The van der Waals surface area contributed by atoms with Gasteiger partial charge in [0.2, 0.25) is 6.39 Å².